The normalized spacial score (nSPS) is 14.8. The Morgan fingerprint density at radius 2 is 1.95 bits per heavy atom. The summed E-state index contributed by atoms with van der Waals surface area (Å²) in [5, 5.41) is 10.2. The lowest BCUT2D eigenvalue weighted by molar-refractivity contribution is -0.139. The minimum atomic E-state index is -0.814. The Kier molecular flexibility index (Phi) is 9.16. The summed E-state index contributed by atoms with van der Waals surface area (Å²) in [5.74, 6) is 0.654. The number of esters is 1. The number of fused-ring (bicyclic) bond motifs is 1. The van der Waals surface area contributed by atoms with E-state index in [1.807, 2.05) is 6.92 Å². The van der Waals surface area contributed by atoms with Gasteiger partial charge in [0, 0.05) is 0 Å². The van der Waals surface area contributed by atoms with Crippen molar-refractivity contribution in [2.75, 3.05) is 26.9 Å². The largest absolute Gasteiger partial charge is 0.503 e. The fourth-order valence-corrected chi connectivity index (χ4v) is 5.83. The summed E-state index contributed by atoms with van der Waals surface area (Å²) in [6, 6.07) is 7.80. The molecule has 210 valence electrons. The highest BCUT2D eigenvalue weighted by atomic mass is 79.9. The molecule has 2 aromatic carbocycles. The number of aromatic hydroxyl groups is 1. The molecule has 0 radical (unpaired) electrons. The Bertz CT molecular complexity index is 1670. The number of hydrogen-bond donors (Lipinski definition) is 1. The summed E-state index contributed by atoms with van der Waals surface area (Å²) in [4.78, 5) is 32.2. The van der Waals surface area contributed by atoms with E-state index in [0.717, 1.165) is 0 Å². The fourth-order valence-electron chi connectivity index (χ4n) is 4.32. The van der Waals surface area contributed by atoms with Crippen molar-refractivity contribution in [2.45, 2.75) is 26.8 Å². The van der Waals surface area contributed by atoms with Gasteiger partial charge in [-0.25, -0.2) is 9.79 Å². The molecule has 0 saturated heterocycles. The maximum atomic E-state index is 13.9. The zero-order chi connectivity index (χ0) is 29.0. The van der Waals surface area contributed by atoms with E-state index in [-0.39, 0.29) is 29.2 Å². The van der Waals surface area contributed by atoms with E-state index in [4.69, 9.17) is 18.9 Å². The van der Waals surface area contributed by atoms with Crippen LogP contribution in [0.2, 0.25) is 0 Å². The van der Waals surface area contributed by atoms with Gasteiger partial charge in [-0.05, 0) is 78.2 Å². The maximum absolute atomic E-state index is 13.9. The van der Waals surface area contributed by atoms with Crippen molar-refractivity contribution < 1.29 is 28.8 Å². The lowest BCUT2D eigenvalue weighted by Gasteiger charge is -2.25. The third-order valence-electron chi connectivity index (χ3n) is 6.03. The molecule has 0 unspecified atom stereocenters. The van der Waals surface area contributed by atoms with E-state index < -0.39 is 12.0 Å². The number of methoxy groups -OCH3 is 1. The van der Waals surface area contributed by atoms with Crippen LogP contribution in [0, 0.1) is 0 Å². The predicted molar refractivity (Wildman–Crippen MR) is 156 cm³/mol. The summed E-state index contributed by atoms with van der Waals surface area (Å²) < 4.78 is 24.5. The van der Waals surface area contributed by atoms with Gasteiger partial charge in [-0.2, -0.15) is 0 Å². The van der Waals surface area contributed by atoms with Gasteiger partial charge in [0.2, 0.25) is 0 Å². The Morgan fingerprint density at radius 1 is 1.18 bits per heavy atom. The molecule has 1 atom stereocenters. The van der Waals surface area contributed by atoms with Crippen LogP contribution in [0.5, 0.6) is 23.0 Å². The molecule has 2 heterocycles. The molecule has 9 nitrogen and oxygen atoms in total. The molecule has 0 aliphatic carbocycles. The van der Waals surface area contributed by atoms with Gasteiger partial charge in [-0.1, -0.05) is 30.1 Å². The van der Waals surface area contributed by atoms with Gasteiger partial charge in [-0.3, -0.25) is 9.36 Å². The van der Waals surface area contributed by atoms with E-state index >= 15 is 0 Å². The fraction of sp³-hybridized carbons (Fsp3) is 0.276. The molecule has 0 bridgehead atoms. The number of carbonyl (C=O) groups is 1. The molecule has 0 spiro atoms. The highest BCUT2D eigenvalue weighted by Crippen LogP contribution is 2.37. The van der Waals surface area contributed by atoms with E-state index in [1.165, 1.54) is 23.0 Å². The van der Waals surface area contributed by atoms with Crippen LogP contribution in [0.25, 0.3) is 6.08 Å². The second-order valence-electron chi connectivity index (χ2n) is 8.59. The molecule has 0 fully saturated rings. The van der Waals surface area contributed by atoms with E-state index in [9.17, 15) is 14.7 Å². The molecule has 0 saturated carbocycles. The Morgan fingerprint density at radius 3 is 2.62 bits per heavy atom. The third-order valence-corrected chi connectivity index (χ3v) is 7.61. The monoisotopic (exact) mass is 628 g/mol. The Hall–Kier alpha value is -3.83. The van der Waals surface area contributed by atoms with Gasteiger partial charge in [0.25, 0.3) is 5.56 Å². The molecule has 1 aliphatic heterocycles. The number of nitrogens with zero attached hydrogens (tertiary/aromatic N) is 2. The number of benzene rings is 2. The zero-order valence-corrected chi connectivity index (χ0v) is 24.9. The van der Waals surface area contributed by atoms with Crippen LogP contribution in [0.4, 0.5) is 0 Å². The standard InChI is InChI=1S/C29H29BrN2O7S/c1-6-11-39-20-10-9-18(15-21(20)37-7-2)25-24(28(35)38-8-3)16(4)31-29-32(25)27(34)23(40-29)14-17-12-19(30)26(33)22(13-17)36-5/h6,9-10,12-15,25,33H,1,7-8,11H2,2-5H3/t25-/m0/s1. The lowest BCUT2D eigenvalue weighted by Crippen LogP contribution is -2.40. The SMILES string of the molecule is C=CCOc1ccc([C@H]2C(C(=O)OCC)=C(C)N=c3sc(=Cc4cc(Br)c(O)c(OC)c4)c(=O)n32)cc1OCC. The van der Waals surface area contributed by atoms with Crippen molar-refractivity contribution in [1.29, 1.82) is 0 Å². The predicted octanol–water partition coefficient (Wildman–Crippen LogP) is 4.24. The summed E-state index contributed by atoms with van der Waals surface area (Å²) in [7, 11) is 1.45. The molecule has 1 aromatic heterocycles. The molecule has 11 heteroatoms. The molecule has 3 aromatic rings. The van der Waals surface area contributed by atoms with Crippen LogP contribution in [0.3, 0.4) is 0 Å². The van der Waals surface area contributed by atoms with Gasteiger partial charge < -0.3 is 24.1 Å². The number of ether oxygens (including phenoxy) is 4. The first-order valence-electron chi connectivity index (χ1n) is 12.5. The molecular weight excluding hydrogens is 600 g/mol. The minimum Gasteiger partial charge on any atom is -0.503 e. The smallest absolute Gasteiger partial charge is 0.338 e. The van der Waals surface area contributed by atoms with Crippen LogP contribution in [0.15, 0.2) is 68.5 Å². The van der Waals surface area contributed by atoms with Crippen molar-refractivity contribution in [3.8, 4) is 23.0 Å². The van der Waals surface area contributed by atoms with Gasteiger partial charge in [0.05, 0.1) is 46.6 Å². The van der Waals surface area contributed by atoms with Crippen LogP contribution in [0.1, 0.15) is 37.9 Å². The average molecular weight is 630 g/mol. The Balaban J connectivity index is 1.95. The molecular formula is C29H29BrN2O7S. The van der Waals surface area contributed by atoms with Crippen molar-refractivity contribution in [2.24, 2.45) is 4.99 Å². The first-order valence-corrected chi connectivity index (χ1v) is 14.1. The average Bonchev–Trinajstić information content (AvgIpc) is 3.23. The van der Waals surface area contributed by atoms with Gasteiger partial charge in [0.1, 0.15) is 6.61 Å². The highest BCUT2D eigenvalue weighted by Gasteiger charge is 2.34. The molecule has 0 amide bonds. The number of phenolic OH excluding ortho intramolecular Hbond substituents is 1. The number of halogens is 1. The van der Waals surface area contributed by atoms with Gasteiger partial charge in [0.15, 0.2) is 27.8 Å². The third kappa shape index (κ3) is 5.71. The van der Waals surface area contributed by atoms with Crippen molar-refractivity contribution >= 4 is 39.3 Å². The maximum Gasteiger partial charge on any atom is 0.338 e. The van der Waals surface area contributed by atoms with Gasteiger partial charge >= 0.3 is 5.97 Å². The van der Waals surface area contributed by atoms with Crippen LogP contribution < -0.4 is 29.1 Å². The number of thiazole rings is 1. The van der Waals surface area contributed by atoms with E-state index in [1.54, 1.807) is 56.3 Å². The number of carbonyl (C=O) groups excluding carboxylic acids is 1. The molecule has 40 heavy (non-hydrogen) atoms. The summed E-state index contributed by atoms with van der Waals surface area (Å²) in [6.07, 6.45) is 3.32. The summed E-state index contributed by atoms with van der Waals surface area (Å²) in [6.45, 7) is 9.85. The van der Waals surface area contributed by atoms with Gasteiger partial charge in [-0.15, -0.1) is 0 Å². The van der Waals surface area contributed by atoms with E-state index in [0.29, 0.717) is 55.3 Å². The lowest BCUT2D eigenvalue weighted by atomic mass is 9.95. The number of hydrogen-bond acceptors (Lipinski definition) is 9. The van der Waals surface area contributed by atoms with E-state index in [2.05, 4.69) is 27.5 Å². The zero-order valence-electron chi connectivity index (χ0n) is 22.5. The topological polar surface area (TPSA) is 109 Å². The van der Waals surface area contributed by atoms with Crippen molar-refractivity contribution in [3.63, 3.8) is 0 Å². The number of aromatic nitrogens is 1. The number of rotatable bonds is 10. The number of phenols is 1. The highest BCUT2D eigenvalue weighted by molar-refractivity contribution is 9.10. The molecule has 1 N–H and O–H groups in total. The van der Waals surface area contributed by atoms with Crippen LogP contribution >= 0.6 is 27.3 Å². The first-order chi connectivity index (χ1) is 19.2. The summed E-state index contributed by atoms with van der Waals surface area (Å²) >= 11 is 4.51. The second kappa shape index (κ2) is 12.6. The Labute approximate surface area is 243 Å². The quantitative estimate of drug-likeness (QED) is 0.264. The molecule has 1 aliphatic rings. The minimum absolute atomic E-state index is 0.0403. The second-order valence-corrected chi connectivity index (χ2v) is 10.5. The van der Waals surface area contributed by atoms with Crippen LogP contribution in [-0.4, -0.2) is 42.6 Å². The van der Waals surface area contributed by atoms with Crippen molar-refractivity contribution in [1.82, 2.24) is 4.57 Å². The molecule has 4 rings (SSSR count). The first kappa shape index (κ1) is 29.2. The summed E-state index contributed by atoms with van der Waals surface area (Å²) in [5.41, 5.74) is 1.64. The van der Waals surface area contributed by atoms with Crippen molar-refractivity contribution in [3.05, 3.63) is 89.5 Å². The number of allylic oxidation sites excluding steroid dienone is 1. The van der Waals surface area contributed by atoms with Crippen LogP contribution in [-0.2, 0) is 9.53 Å².